The number of aromatic nitrogens is 1. The summed E-state index contributed by atoms with van der Waals surface area (Å²) < 4.78 is 11.5. The van der Waals surface area contributed by atoms with Gasteiger partial charge in [-0.05, 0) is 45.1 Å². The maximum Gasteiger partial charge on any atom is 0.347 e. The second-order valence-corrected chi connectivity index (χ2v) is 8.07. The molecule has 1 fully saturated rings. The zero-order valence-electron chi connectivity index (χ0n) is 18.0. The first-order valence-corrected chi connectivity index (χ1v) is 10.7. The van der Waals surface area contributed by atoms with Crippen molar-refractivity contribution in [1.29, 1.82) is 0 Å². The highest BCUT2D eigenvalue weighted by Crippen LogP contribution is 2.40. The average Bonchev–Trinajstić information content (AvgIpc) is 3.17. The number of hydrogen-bond donors (Lipinski definition) is 1. The number of anilines is 1. The molecule has 164 valence electrons. The van der Waals surface area contributed by atoms with Crippen LogP contribution in [0.15, 0.2) is 27.7 Å². The van der Waals surface area contributed by atoms with E-state index in [1.54, 1.807) is 18.5 Å². The lowest BCUT2D eigenvalue weighted by Gasteiger charge is -2.20. The minimum atomic E-state index is -0.575. The number of pyridine rings is 1. The second kappa shape index (κ2) is 9.34. The third-order valence-electron chi connectivity index (χ3n) is 5.47. The van der Waals surface area contributed by atoms with Crippen molar-refractivity contribution in [3.63, 3.8) is 0 Å². The number of fused-ring (bicyclic) bond motifs is 1. The van der Waals surface area contributed by atoms with Gasteiger partial charge in [-0.15, -0.1) is 0 Å². The van der Waals surface area contributed by atoms with Crippen molar-refractivity contribution >= 4 is 35.5 Å². The van der Waals surface area contributed by atoms with Crippen LogP contribution >= 0.6 is 0 Å². The smallest absolute Gasteiger partial charge is 0.347 e. The fourth-order valence-corrected chi connectivity index (χ4v) is 3.78. The fourth-order valence-electron chi connectivity index (χ4n) is 3.78. The van der Waals surface area contributed by atoms with E-state index in [-0.39, 0.29) is 23.7 Å². The summed E-state index contributed by atoms with van der Waals surface area (Å²) in [5.41, 5.74) is 1.71. The maximum absolute atomic E-state index is 12.9. The van der Waals surface area contributed by atoms with Gasteiger partial charge in [0, 0.05) is 43.2 Å². The number of aliphatic imine (C=N–C) groups is 1. The summed E-state index contributed by atoms with van der Waals surface area (Å²) in [5.74, 6) is 0.441. The van der Waals surface area contributed by atoms with Crippen LogP contribution in [0.25, 0.3) is 11.6 Å². The van der Waals surface area contributed by atoms with E-state index in [2.05, 4.69) is 9.98 Å². The van der Waals surface area contributed by atoms with E-state index >= 15 is 0 Å². The molecule has 0 aromatic carbocycles. The number of rotatable bonds is 6. The molecule has 2 aliphatic heterocycles. The van der Waals surface area contributed by atoms with Crippen molar-refractivity contribution in [2.75, 3.05) is 45.2 Å². The highest BCUT2D eigenvalue weighted by Gasteiger charge is 2.30. The molecule has 0 unspecified atom stereocenters. The molecule has 2 aromatic heterocycles. The van der Waals surface area contributed by atoms with Crippen molar-refractivity contribution in [2.24, 2.45) is 4.99 Å². The summed E-state index contributed by atoms with van der Waals surface area (Å²) in [6.07, 6.45) is 9.37. The molecule has 2 aromatic rings. The van der Waals surface area contributed by atoms with E-state index in [0.29, 0.717) is 18.2 Å². The van der Waals surface area contributed by atoms with Crippen molar-refractivity contribution in [3.8, 4) is 5.75 Å². The number of nitrogens with zero attached hydrogens (tertiary/aromatic N) is 4. The van der Waals surface area contributed by atoms with Gasteiger partial charge in [-0.3, -0.25) is 0 Å². The molecule has 8 heteroatoms. The number of hydrogen-bond acceptors (Lipinski definition) is 8. The third kappa shape index (κ3) is 4.64. The number of esters is 1. The molecule has 4 heterocycles. The Labute approximate surface area is 181 Å². The number of furan rings is 1. The zero-order chi connectivity index (χ0) is 21.8. The topological polar surface area (TPSA) is 91.4 Å². The van der Waals surface area contributed by atoms with Crippen molar-refractivity contribution < 1.29 is 19.1 Å². The van der Waals surface area contributed by atoms with Crippen molar-refractivity contribution in [2.45, 2.75) is 25.7 Å². The fraction of sp³-hybridized carbons (Fsp3) is 0.435. The first kappa shape index (κ1) is 21.1. The Morgan fingerprint density at radius 3 is 2.81 bits per heavy atom. The normalized spacial score (nSPS) is 17.3. The van der Waals surface area contributed by atoms with Gasteiger partial charge in [0.2, 0.25) is 5.88 Å². The first-order valence-electron chi connectivity index (χ1n) is 10.7. The standard InChI is InChI=1S/C23H28N4O4/c1-26(2)12-13-30-23(29)19-20(28)18(31-22(19)27-10-5-3-4-6-11-27)14-16-15-25-21-17(16)8-7-9-24-21/h7-9,14-15,28H,3-6,10-13H2,1-2H3. The van der Waals surface area contributed by atoms with Gasteiger partial charge in [0.1, 0.15) is 6.61 Å². The van der Waals surface area contributed by atoms with Crippen LogP contribution < -0.4 is 4.90 Å². The monoisotopic (exact) mass is 424 g/mol. The number of likely N-dealkylation sites (N-methyl/N-ethyl adjacent to an activating group) is 1. The highest BCUT2D eigenvalue weighted by molar-refractivity contribution is 6.21. The molecule has 4 rings (SSSR count). The SMILES string of the molecule is CN(C)CCOC(=O)c1c(N2CCCCCC2)oc(C=C2C=Nc3ncccc32)c1O. The van der Waals surface area contributed by atoms with Crippen molar-refractivity contribution in [1.82, 2.24) is 9.88 Å². The highest BCUT2D eigenvalue weighted by atomic mass is 16.5. The number of allylic oxidation sites excluding steroid dienone is 1. The Balaban J connectivity index is 1.69. The van der Waals surface area contributed by atoms with E-state index in [0.717, 1.165) is 49.9 Å². The molecule has 0 aliphatic carbocycles. The summed E-state index contributed by atoms with van der Waals surface area (Å²) >= 11 is 0. The molecular formula is C23H28N4O4. The van der Waals surface area contributed by atoms with Crippen LogP contribution in [0.5, 0.6) is 5.75 Å². The largest absolute Gasteiger partial charge is 0.504 e. The Kier molecular flexibility index (Phi) is 6.36. The quantitative estimate of drug-likeness (QED) is 0.707. The molecule has 0 spiro atoms. The van der Waals surface area contributed by atoms with E-state index < -0.39 is 5.97 Å². The number of ether oxygens (including phenoxy) is 1. The van der Waals surface area contributed by atoms with Gasteiger partial charge in [0.15, 0.2) is 22.9 Å². The molecule has 0 bridgehead atoms. The molecule has 2 aliphatic rings. The van der Waals surface area contributed by atoms with Crippen LogP contribution in [0, 0.1) is 0 Å². The van der Waals surface area contributed by atoms with Gasteiger partial charge in [-0.1, -0.05) is 12.8 Å². The lowest BCUT2D eigenvalue weighted by atomic mass is 10.1. The predicted molar refractivity (Wildman–Crippen MR) is 120 cm³/mol. The molecule has 8 nitrogen and oxygen atoms in total. The van der Waals surface area contributed by atoms with Crippen LogP contribution in [0.1, 0.15) is 47.4 Å². The Morgan fingerprint density at radius 1 is 1.29 bits per heavy atom. The van der Waals surface area contributed by atoms with Gasteiger partial charge in [-0.2, -0.15) is 0 Å². The minimum absolute atomic E-state index is 0.0915. The van der Waals surface area contributed by atoms with Gasteiger partial charge < -0.3 is 24.1 Å². The molecule has 0 amide bonds. The second-order valence-electron chi connectivity index (χ2n) is 8.07. The van der Waals surface area contributed by atoms with Crippen LogP contribution in [0.3, 0.4) is 0 Å². The average molecular weight is 425 g/mol. The summed E-state index contributed by atoms with van der Waals surface area (Å²) in [6, 6.07) is 3.74. The summed E-state index contributed by atoms with van der Waals surface area (Å²) in [6.45, 7) is 2.38. The van der Waals surface area contributed by atoms with E-state index in [9.17, 15) is 9.90 Å². The molecule has 1 saturated heterocycles. The third-order valence-corrected chi connectivity index (χ3v) is 5.47. The molecule has 31 heavy (non-hydrogen) atoms. The van der Waals surface area contributed by atoms with Gasteiger partial charge in [0.05, 0.1) is 0 Å². The lowest BCUT2D eigenvalue weighted by Crippen LogP contribution is -2.26. The van der Waals surface area contributed by atoms with Gasteiger partial charge in [-0.25, -0.2) is 14.8 Å². The molecule has 1 N–H and O–H groups in total. The van der Waals surface area contributed by atoms with Crippen LogP contribution in [0.2, 0.25) is 0 Å². The minimum Gasteiger partial charge on any atom is -0.504 e. The van der Waals surface area contributed by atoms with E-state index in [1.165, 1.54) is 0 Å². The van der Waals surface area contributed by atoms with Crippen molar-refractivity contribution in [3.05, 3.63) is 35.2 Å². The molecular weight excluding hydrogens is 396 g/mol. The van der Waals surface area contributed by atoms with Gasteiger partial charge in [0.25, 0.3) is 0 Å². The van der Waals surface area contributed by atoms with Crippen LogP contribution in [-0.2, 0) is 4.74 Å². The van der Waals surface area contributed by atoms with E-state index in [4.69, 9.17) is 9.15 Å². The number of carbonyl (C=O) groups excluding carboxylic acids is 1. The zero-order valence-corrected chi connectivity index (χ0v) is 18.0. The van der Waals surface area contributed by atoms with E-state index in [1.807, 2.05) is 36.0 Å². The maximum atomic E-state index is 12.9. The first-order chi connectivity index (χ1) is 15.0. The lowest BCUT2D eigenvalue weighted by molar-refractivity contribution is 0.0479. The number of carbonyl (C=O) groups is 1. The summed E-state index contributed by atoms with van der Waals surface area (Å²) in [4.78, 5) is 25.4. The summed E-state index contributed by atoms with van der Waals surface area (Å²) in [7, 11) is 3.82. The Bertz CT molecular complexity index is 1000. The summed E-state index contributed by atoms with van der Waals surface area (Å²) in [5, 5.41) is 11.0. The number of aromatic hydroxyl groups is 1. The Morgan fingerprint density at radius 2 is 2.06 bits per heavy atom. The predicted octanol–water partition coefficient (Wildman–Crippen LogP) is 3.74. The molecule has 0 saturated carbocycles. The molecule has 0 atom stereocenters. The Hall–Kier alpha value is -3.13. The van der Waals surface area contributed by atoms with Crippen LogP contribution in [-0.4, -0.2) is 67.5 Å². The van der Waals surface area contributed by atoms with Crippen LogP contribution in [0.4, 0.5) is 11.7 Å². The van der Waals surface area contributed by atoms with Gasteiger partial charge >= 0.3 is 5.97 Å². The molecule has 0 radical (unpaired) electrons.